The van der Waals surface area contributed by atoms with Gasteiger partial charge < -0.3 is 5.11 Å². The van der Waals surface area contributed by atoms with E-state index in [0.717, 1.165) is 18.8 Å². The summed E-state index contributed by atoms with van der Waals surface area (Å²) in [6, 6.07) is 0. The van der Waals surface area contributed by atoms with E-state index in [1.807, 2.05) is 0 Å². The molecule has 0 amide bonds. The van der Waals surface area contributed by atoms with E-state index in [2.05, 4.69) is 61.1 Å². The summed E-state index contributed by atoms with van der Waals surface area (Å²) in [5.41, 5.74) is 7.36. The van der Waals surface area contributed by atoms with Gasteiger partial charge in [0.25, 0.3) is 0 Å². The summed E-state index contributed by atoms with van der Waals surface area (Å²) in [4.78, 5) is 0. The van der Waals surface area contributed by atoms with Crippen molar-refractivity contribution in [2.45, 2.75) is 112 Å². The second kappa shape index (κ2) is 7.89. The van der Waals surface area contributed by atoms with Gasteiger partial charge in [0.1, 0.15) is 0 Å². The molecule has 0 radical (unpaired) electrons. The van der Waals surface area contributed by atoms with Gasteiger partial charge in [-0.25, -0.2) is 0 Å². The molecular formula is C30H48O. The van der Waals surface area contributed by atoms with E-state index < -0.39 is 0 Å². The Bertz CT molecular complexity index is 795. The molecule has 1 N–H and O–H groups in total. The van der Waals surface area contributed by atoms with Crippen molar-refractivity contribution in [3.05, 3.63) is 34.9 Å². The number of fused-ring (bicyclic) bond motifs is 4. The first-order valence-corrected chi connectivity index (χ1v) is 13.2. The lowest BCUT2D eigenvalue weighted by Crippen LogP contribution is -2.54. The third-order valence-corrected chi connectivity index (χ3v) is 10.6. The molecule has 0 aromatic rings. The standard InChI is InChI=1S/C30H48O/c1-19(2)20(3)10-9-11-22-12-14-24-23-13-15-25-28(5,6)26(31)16-17-29(25,7)27(23)21(4)18-30(22,24)8/h14,19,21-22,25-26,31H,3,9-13,15-18H2,1-2,4-8H3/t21?,22-,25?,26?,29?,30?/m0/s1. The van der Waals surface area contributed by atoms with Gasteiger partial charge in [0.2, 0.25) is 0 Å². The maximum absolute atomic E-state index is 10.8. The highest BCUT2D eigenvalue weighted by molar-refractivity contribution is 5.50. The van der Waals surface area contributed by atoms with Gasteiger partial charge in [0.05, 0.1) is 6.10 Å². The van der Waals surface area contributed by atoms with Gasteiger partial charge >= 0.3 is 0 Å². The molecule has 5 unspecified atom stereocenters. The number of hydrogen-bond donors (Lipinski definition) is 1. The van der Waals surface area contributed by atoms with Crippen molar-refractivity contribution >= 4 is 0 Å². The van der Waals surface area contributed by atoms with Crippen molar-refractivity contribution in [1.29, 1.82) is 0 Å². The van der Waals surface area contributed by atoms with Gasteiger partial charge in [0, 0.05) is 0 Å². The molecule has 0 aromatic heterocycles. The molecule has 0 spiro atoms. The summed E-state index contributed by atoms with van der Waals surface area (Å²) >= 11 is 0. The average molecular weight is 425 g/mol. The highest BCUT2D eigenvalue weighted by atomic mass is 16.3. The van der Waals surface area contributed by atoms with E-state index in [1.54, 1.807) is 16.7 Å². The number of aliphatic hydroxyl groups is 1. The van der Waals surface area contributed by atoms with E-state index in [0.29, 0.717) is 23.2 Å². The van der Waals surface area contributed by atoms with E-state index in [1.165, 1.54) is 50.5 Å². The quantitative estimate of drug-likeness (QED) is 0.440. The molecule has 0 aromatic carbocycles. The van der Waals surface area contributed by atoms with E-state index in [4.69, 9.17) is 0 Å². The fourth-order valence-electron chi connectivity index (χ4n) is 8.71. The summed E-state index contributed by atoms with van der Waals surface area (Å²) in [6.45, 7) is 21.2. The van der Waals surface area contributed by atoms with Crippen LogP contribution in [0.4, 0.5) is 0 Å². The van der Waals surface area contributed by atoms with Gasteiger partial charge in [-0.2, -0.15) is 0 Å². The van der Waals surface area contributed by atoms with Gasteiger partial charge in [-0.05, 0) is 109 Å². The lowest BCUT2D eigenvalue weighted by molar-refractivity contribution is -0.0928. The zero-order chi connectivity index (χ0) is 22.8. The molecule has 174 valence electrons. The Morgan fingerprint density at radius 3 is 2.55 bits per heavy atom. The predicted molar refractivity (Wildman–Crippen MR) is 133 cm³/mol. The van der Waals surface area contributed by atoms with E-state index >= 15 is 0 Å². The molecule has 1 fully saturated rings. The second-order valence-corrected chi connectivity index (χ2v) is 13.1. The summed E-state index contributed by atoms with van der Waals surface area (Å²) < 4.78 is 0. The highest BCUT2D eigenvalue weighted by Crippen LogP contribution is 2.67. The van der Waals surface area contributed by atoms with Crippen LogP contribution >= 0.6 is 0 Å². The molecule has 4 aliphatic carbocycles. The minimum atomic E-state index is -0.146. The molecule has 0 aliphatic heterocycles. The van der Waals surface area contributed by atoms with Gasteiger partial charge in [-0.3, -0.25) is 0 Å². The van der Waals surface area contributed by atoms with Crippen LogP contribution in [0.25, 0.3) is 0 Å². The van der Waals surface area contributed by atoms with Crippen LogP contribution in [-0.4, -0.2) is 11.2 Å². The topological polar surface area (TPSA) is 20.2 Å². The lowest BCUT2D eigenvalue weighted by Gasteiger charge is -2.60. The van der Waals surface area contributed by atoms with Crippen LogP contribution in [0.3, 0.4) is 0 Å². The fraction of sp³-hybridized carbons (Fsp3) is 0.800. The largest absolute Gasteiger partial charge is 0.393 e. The molecule has 1 heteroatoms. The zero-order valence-corrected chi connectivity index (χ0v) is 21.5. The minimum Gasteiger partial charge on any atom is -0.393 e. The predicted octanol–water partition coefficient (Wildman–Crippen LogP) is 8.26. The van der Waals surface area contributed by atoms with Crippen LogP contribution in [0.15, 0.2) is 34.9 Å². The van der Waals surface area contributed by atoms with Crippen molar-refractivity contribution in [3.8, 4) is 0 Å². The van der Waals surface area contributed by atoms with Crippen molar-refractivity contribution < 1.29 is 5.11 Å². The molecule has 6 atom stereocenters. The number of rotatable bonds is 5. The van der Waals surface area contributed by atoms with Crippen molar-refractivity contribution in [3.63, 3.8) is 0 Å². The molecule has 4 aliphatic rings. The highest BCUT2D eigenvalue weighted by Gasteiger charge is 2.58. The first-order valence-electron chi connectivity index (χ1n) is 13.2. The van der Waals surface area contributed by atoms with Crippen LogP contribution in [-0.2, 0) is 0 Å². The number of allylic oxidation sites excluding steroid dienone is 5. The monoisotopic (exact) mass is 424 g/mol. The Labute approximate surface area is 192 Å². The Kier molecular flexibility index (Phi) is 5.94. The maximum Gasteiger partial charge on any atom is 0.0594 e. The van der Waals surface area contributed by atoms with Crippen LogP contribution in [0.2, 0.25) is 0 Å². The average Bonchev–Trinajstić information content (AvgIpc) is 3.00. The van der Waals surface area contributed by atoms with Crippen molar-refractivity contribution in [1.82, 2.24) is 0 Å². The van der Waals surface area contributed by atoms with Crippen LogP contribution in [0.1, 0.15) is 106 Å². The minimum absolute atomic E-state index is 0.0252. The molecular weight excluding hydrogens is 376 g/mol. The Morgan fingerprint density at radius 2 is 1.87 bits per heavy atom. The van der Waals surface area contributed by atoms with Crippen LogP contribution in [0.5, 0.6) is 0 Å². The lowest BCUT2D eigenvalue weighted by atomic mass is 9.45. The molecule has 0 saturated heterocycles. The molecule has 1 saturated carbocycles. The zero-order valence-electron chi connectivity index (χ0n) is 21.5. The molecule has 0 heterocycles. The number of aliphatic hydroxyl groups excluding tert-OH is 1. The number of hydrogen-bond acceptors (Lipinski definition) is 1. The molecule has 31 heavy (non-hydrogen) atoms. The molecule has 0 bridgehead atoms. The van der Waals surface area contributed by atoms with Crippen LogP contribution in [0, 0.1) is 39.9 Å². The normalized spacial score (nSPS) is 41.5. The third kappa shape index (κ3) is 3.53. The van der Waals surface area contributed by atoms with Gasteiger partial charge in [0.15, 0.2) is 0 Å². The smallest absolute Gasteiger partial charge is 0.0594 e. The van der Waals surface area contributed by atoms with Gasteiger partial charge in [-0.1, -0.05) is 72.3 Å². The molecule has 4 rings (SSSR count). The van der Waals surface area contributed by atoms with E-state index in [-0.39, 0.29) is 16.9 Å². The summed E-state index contributed by atoms with van der Waals surface area (Å²) in [6.07, 6.45) is 13.5. The second-order valence-electron chi connectivity index (χ2n) is 13.1. The van der Waals surface area contributed by atoms with Crippen LogP contribution < -0.4 is 0 Å². The van der Waals surface area contributed by atoms with Crippen molar-refractivity contribution in [2.24, 2.45) is 39.9 Å². The van der Waals surface area contributed by atoms with Gasteiger partial charge in [-0.15, -0.1) is 0 Å². The first kappa shape index (κ1) is 23.3. The summed E-state index contributed by atoms with van der Waals surface area (Å²) in [5, 5.41) is 10.8. The summed E-state index contributed by atoms with van der Waals surface area (Å²) in [5.74, 6) is 2.69. The third-order valence-electron chi connectivity index (χ3n) is 10.6. The SMILES string of the molecule is C=C(CCC[C@H]1CC=C2C3=C(C(C)CC21C)C1(C)CCC(O)C(C)(C)C1CC3)C(C)C. The Morgan fingerprint density at radius 1 is 1.16 bits per heavy atom. The van der Waals surface area contributed by atoms with E-state index in [9.17, 15) is 5.11 Å². The molecule has 1 nitrogen and oxygen atoms in total. The Balaban J connectivity index is 1.60. The van der Waals surface area contributed by atoms with Crippen molar-refractivity contribution in [2.75, 3.05) is 0 Å². The Hall–Kier alpha value is -0.820. The maximum atomic E-state index is 10.8. The fourth-order valence-corrected chi connectivity index (χ4v) is 8.71. The first-order chi connectivity index (χ1) is 14.4. The summed E-state index contributed by atoms with van der Waals surface area (Å²) in [7, 11) is 0.